The molecule has 3 aliphatic heterocycles. The van der Waals surface area contributed by atoms with Crippen LogP contribution in [-0.2, 0) is 0 Å². The summed E-state index contributed by atoms with van der Waals surface area (Å²) in [5, 5.41) is 3.50. The second-order valence-corrected chi connectivity index (χ2v) is 5.92. The first-order valence-corrected chi connectivity index (χ1v) is 7.70. The number of amidine groups is 1. The van der Waals surface area contributed by atoms with Crippen molar-refractivity contribution >= 4 is 17.6 Å². The molecule has 22 heavy (non-hydrogen) atoms. The first-order valence-electron chi connectivity index (χ1n) is 7.70. The summed E-state index contributed by atoms with van der Waals surface area (Å²) >= 11 is 0. The third-order valence-electron chi connectivity index (χ3n) is 4.56. The zero-order valence-electron chi connectivity index (χ0n) is 12.7. The number of hydrogen-bond donors (Lipinski definition) is 1. The highest BCUT2D eigenvalue weighted by atomic mass is 16.2. The Balaban J connectivity index is 1.72. The van der Waals surface area contributed by atoms with E-state index >= 15 is 0 Å². The van der Waals surface area contributed by atoms with Gasteiger partial charge in [0.25, 0.3) is 0 Å². The van der Waals surface area contributed by atoms with Crippen molar-refractivity contribution in [2.45, 2.75) is 31.7 Å². The van der Waals surface area contributed by atoms with Gasteiger partial charge >= 0.3 is 6.03 Å². The van der Waals surface area contributed by atoms with Gasteiger partial charge < -0.3 is 4.90 Å². The molecule has 114 valence electrons. The second kappa shape index (κ2) is 4.91. The lowest BCUT2D eigenvalue weighted by Crippen LogP contribution is -2.60. The van der Waals surface area contributed by atoms with Gasteiger partial charge in [0, 0.05) is 19.6 Å². The van der Waals surface area contributed by atoms with Crippen molar-refractivity contribution in [2.24, 2.45) is 9.98 Å². The van der Waals surface area contributed by atoms with Crippen LogP contribution in [0.1, 0.15) is 25.1 Å². The molecule has 2 amide bonds. The predicted octanol–water partition coefficient (Wildman–Crippen LogP) is 1.61. The van der Waals surface area contributed by atoms with Crippen LogP contribution in [0.2, 0.25) is 0 Å². The Bertz CT molecular complexity index is 668. The normalized spacial score (nSPS) is 30.1. The zero-order valence-corrected chi connectivity index (χ0v) is 12.7. The molecule has 6 heteroatoms. The number of hydrogen-bond acceptors (Lipinski definition) is 4. The molecule has 0 spiro atoms. The van der Waals surface area contributed by atoms with Gasteiger partial charge in [-0.15, -0.1) is 0 Å². The fraction of sp³-hybridized carbons (Fsp3) is 0.438. The van der Waals surface area contributed by atoms with Crippen LogP contribution in [0.15, 0.2) is 40.3 Å². The van der Waals surface area contributed by atoms with Gasteiger partial charge in [-0.2, -0.15) is 0 Å². The van der Waals surface area contributed by atoms with Crippen molar-refractivity contribution in [1.82, 2.24) is 15.1 Å². The minimum Gasteiger partial charge on any atom is -0.301 e. The van der Waals surface area contributed by atoms with E-state index in [4.69, 9.17) is 4.99 Å². The first-order chi connectivity index (χ1) is 10.7. The largest absolute Gasteiger partial charge is 0.327 e. The summed E-state index contributed by atoms with van der Waals surface area (Å²) in [4.78, 5) is 25.5. The van der Waals surface area contributed by atoms with E-state index < -0.39 is 0 Å². The van der Waals surface area contributed by atoms with Crippen molar-refractivity contribution in [2.75, 3.05) is 13.6 Å². The van der Waals surface area contributed by atoms with Crippen molar-refractivity contribution in [1.29, 1.82) is 0 Å². The third kappa shape index (κ3) is 1.87. The lowest BCUT2D eigenvalue weighted by molar-refractivity contribution is 0.180. The minimum absolute atomic E-state index is 0.000128. The third-order valence-corrected chi connectivity index (χ3v) is 4.56. The fourth-order valence-corrected chi connectivity index (χ4v) is 3.28. The summed E-state index contributed by atoms with van der Waals surface area (Å²) in [7, 11) is 1.78. The van der Waals surface area contributed by atoms with Gasteiger partial charge in [0.1, 0.15) is 11.9 Å². The predicted molar refractivity (Wildman–Crippen MR) is 84.9 cm³/mol. The smallest absolute Gasteiger partial charge is 0.301 e. The number of fused-ring (bicyclic) bond motifs is 3. The molecule has 3 heterocycles. The zero-order chi connectivity index (χ0) is 15.3. The van der Waals surface area contributed by atoms with Gasteiger partial charge in [-0.25, -0.2) is 9.79 Å². The number of amides is 2. The molecule has 4 rings (SSSR count). The summed E-state index contributed by atoms with van der Waals surface area (Å²) in [6.07, 6.45) is 0.608. The highest BCUT2D eigenvalue weighted by Crippen LogP contribution is 2.30. The number of nitrogens with zero attached hydrogens (tertiary/aromatic N) is 4. The molecule has 0 aromatic heterocycles. The molecular weight excluding hydrogens is 278 g/mol. The quantitative estimate of drug-likeness (QED) is 0.901. The molecule has 2 saturated heterocycles. The number of benzene rings is 1. The topological polar surface area (TPSA) is 60.3 Å². The summed E-state index contributed by atoms with van der Waals surface area (Å²) in [5.74, 6) is 0.698. The van der Waals surface area contributed by atoms with E-state index in [-0.39, 0.29) is 18.4 Å². The highest BCUT2D eigenvalue weighted by Gasteiger charge is 2.47. The van der Waals surface area contributed by atoms with Crippen molar-refractivity contribution in [3.63, 3.8) is 0 Å². The molecule has 1 N–H and O–H groups in total. The van der Waals surface area contributed by atoms with E-state index in [2.05, 4.69) is 17.2 Å². The van der Waals surface area contributed by atoms with E-state index in [1.54, 1.807) is 11.9 Å². The number of aliphatic imine (C=N–C) groups is 2. The van der Waals surface area contributed by atoms with E-state index in [1.165, 1.54) is 0 Å². The van der Waals surface area contributed by atoms with E-state index in [9.17, 15) is 4.79 Å². The molecule has 3 atom stereocenters. The Morgan fingerprint density at radius 1 is 1.27 bits per heavy atom. The lowest BCUT2D eigenvalue weighted by atomic mass is 10.2. The van der Waals surface area contributed by atoms with Crippen molar-refractivity contribution in [3.8, 4) is 0 Å². The number of nitrogens with one attached hydrogen (secondary N) is 1. The van der Waals surface area contributed by atoms with Gasteiger partial charge in [-0.1, -0.05) is 37.3 Å². The maximum Gasteiger partial charge on any atom is 0.327 e. The molecule has 0 aliphatic carbocycles. The minimum atomic E-state index is -0.246. The van der Waals surface area contributed by atoms with Crippen LogP contribution >= 0.6 is 0 Å². The highest BCUT2D eigenvalue weighted by molar-refractivity contribution is 6.47. The average molecular weight is 297 g/mol. The monoisotopic (exact) mass is 297 g/mol. The van der Waals surface area contributed by atoms with Crippen LogP contribution in [0.4, 0.5) is 4.79 Å². The van der Waals surface area contributed by atoms with Crippen LogP contribution < -0.4 is 5.32 Å². The Morgan fingerprint density at radius 2 is 2.05 bits per heavy atom. The van der Waals surface area contributed by atoms with E-state index in [1.807, 2.05) is 35.2 Å². The molecule has 3 aliphatic rings. The standard InChI is InChI=1S/C16H19N5O/c1-3-11-9-21-15(17-11)12-14(20(2)16(21)22)19-13(18-12)10-7-5-4-6-8-10/h4-8,11,13,15,17H,3,9H2,1-2H3/t11-,13?,15?/m1/s1. The molecule has 6 nitrogen and oxygen atoms in total. The first kappa shape index (κ1) is 13.5. The SMILES string of the molecule is CC[C@@H]1CN2C(=O)N(C)C3=NC(c4ccccc4)N=C3C2N1. The van der Waals surface area contributed by atoms with Crippen molar-refractivity contribution < 1.29 is 4.79 Å². The average Bonchev–Trinajstić information content (AvgIpc) is 3.17. The molecular formula is C16H19N5O. The second-order valence-electron chi connectivity index (χ2n) is 5.92. The molecule has 1 aromatic carbocycles. The molecule has 0 bridgehead atoms. The van der Waals surface area contributed by atoms with Crippen molar-refractivity contribution in [3.05, 3.63) is 35.9 Å². The van der Waals surface area contributed by atoms with Crippen LogP contribution in [-0.4, -0.2) is 53.2 Å². The fourth-order valence-electron chi connectivity index (χ4n) is 3.28. The number of urea groups is 1. The van der Waals surface area contributed by atoms with Crippen LogP contribution in [0, 0.1) is 0 Å². The molecule has 2 unspecified atom stereocenters. The molecule has 0 radical (unpaired) electrons. The summed E-state index contributed by atoms with van der Waals surface area (Å²) in [6.45, 7) is 2.86. The molecule has 1 aromatic rings. The number of carbonyl (C=O) groups is 1. The number of rotatable bonds is 2. The van der Waals surface area contributed by atoms with Gasteiger partial charge in [-0.05, 0) is 12.0 Å². The van der Waals surface area contributed by atoms with Crippen LogP contribution in [0.5, 0.6) is 0 Å². The van der Waals surface area contributed by atoms with E-state index in [0.29, 0.717) is 11.9 Å². The Morgan fingerprint density at radius 3 is 2.77 bits per heavy atom. The van der Waals surface area contributed by atoms with E-state index in [0.717, 1.165) is 24.2 Å². The van der Waals surface area contributed by atoms with Gasteiger partial charge in [0.05, 0.1) is 0 Å². The maximum absolute atomic E-state index is 12.5. The Hall–Kier alpha value is -2.21. The summed E-state index contributed by atoms with van der Waals surface area (Å²) in [6, 6.07) is 10.3. The molecule has 2 fully saturated rings. The summed E-state index contributed by atoms with van der Waals surface area (Å²) in [5.41, 5.74) is 1.93. The molecule has 0 saturated carbocycles. The van der Waals surface area contributed by atoms with Crippen LogP contribution in [0.3, 0.4) is 0 Å². The summed E-state index contributed by atoms with van der Waals surface area (Å²) < 4.78 is 0. The lowest BCUT2D eigenvalue weighted by Gasteiger charge is -2.35. The number of carbonyl (C=O) groups excluding carboxylic acids is 1. The Labute approximate surface area is 129 Å². The van der Waals surface area contributed by atoms with Gasteiger partial charge in [0.2, 0.25) is 0 Å². The van der Waals surface area contributed by atoms with Gasteiger partial charge in [0.15, 0.2) is 12.0 Å². The van der Waals surface area contributed by atoms with Gasteiger partial charge in [-0.3, -0.25) is 15.2 Å². The Kier molecular flexibility index (Phi) is 3.00. The maximum atomic E-state index is 12.5. The van der Waals surface area contributed by atoms with Crippen LogP contribution in [0.25, 0.3) is 0 Å².